The Morgan fingerprint density at radius 2 is 1.45 bits per heavy atom. The van der Waals surface area contributed by atoms with Gasteiger partial charge in [-0.05, 0) is 30.6 Å². The van der Waals surface area contributed by atoms with Crippen molar-refractivity contribution in [3.63, 3.8) is 0 Å². The Balaban J connectivity index is 2.24. The zero-order chi connectivity index (χ0) is 14.4. The SMILES string of the molecule is C=C(C)CC(C)O[Si](c1ccccc1)c1ccccc1. The molecule has 20 heavy (non-hydrogen) atoms. The molecule has 1 radical (unpaired) electrons. The van der Waals surface area contributed by atoms with Gasteiger partial charge in [-0.3, -0.25) is 0 Å². The van der Waals surface area contributed by atoms with Crippen LogP contribution in [-0.2, 0) is 4.43 Å². The highest BCUT2D eigenvalue weighted by Gasteiger charge is 2.21. The average Bonchev–Trinajstić information content (AvgIpc) is 2.46. The zero-order valence-corrected chi connectivity index (χ0v) is 13.2. The minimum absolute atomic E-state index is 0.196. The fraction of sp³-hybridized carbons (Fsp3) is 0.222. The van der Waals surface area contributed by atoms with Gasteiger partial charge in [0.15, 0.2) is 0 Å². The fourth-order valence-corrected chi connectivity index (χ4v) is 4.30. The lowest BCUT2D eigenvalue weighted by molar-refractivity contribution is 0.231. The first-order valence-electron chi connectivity index (χ1n) is 6.95. The number of rotatable bonds is 6. The van der Waals surface area contributed by atoms with Crippen molar-refractivity contribution in [3.05, 3.63) is 72.8 Å². The highest BCUT2D eigenvalue weighted by molar-refractivity contribution is 6.80. The molecule has 0 saturated carbocycles. The Morgan fingerprint density at radius 3 is 1.85 bits per heavy atom. The summed E-state index contributed by atoms with van der Waals surface area (Å²) in [5.74, 6) is 0. The molecule has 1 atom stereocenters. The molecule has 0 N–H and O–H groups in total. The molecular weight excluding hydrogens is 260 g/mol. The van der Waals surface area contributed by atoms with Crippen LogP contribution in [0.2, 0.25) is 0 Å². The summed E-state index contributed by atoms with van der Waals surface area (Å²) < 4.78 is 6.37. The lowest BCUT2D eigenvalue weighted by Crippen LogP contribution is -2.46. The van der Waals surface area contributed by atoms with Crippen molar-refractivity contribution < 1.29 is 4.43 Å². The van der Waals surface area contributed by atoms with Crippen LogP contribution in [0.3, 0.4) is 0 Å². The molecule has 0 aromatic heterocycles. The predicted molar refractivity (Wildman–Crippen MR) is 87.9 cm³/mol. The van der Waals surface area contributed by atoms with Crippen molar-refractivity contribution in [3.8, 4) is 0 Å². The van der Waals surface area contributed by atoms with E-state index >= 15 is 0 Å². The molecule has 0 aliphatic heterocycles. The first-order chi connectivity index (χ1) is 9.66. The van der Waals surface area contributed by atoms with E-state index in [0.29, 0.717) is 0 Å². The van der Waals surface area contributed by atoms with Crippen molar-refractivity contribution in [1.82, 2.24) is 0 Å². The molecule has 2 heteroatoms. The number of hydrogen-bond acceptors (Lipinski definition) is 1. The molecule has 0 bridgehead atoms. The summed E-state index contributed by atoms with van der Waals surface area (Å²) in [6.45, 7) is 8.16. The topological polar surface area (TPSA) is 9.23 Å². The second-order valence-corrected chi connectivity index (χ2v) is 7.20. The molecule has 2 aromatic carbocycles. The minimum atomic E-state index is -1.19. The second kappa shape index (κ2) is 7.22. The largest absolute Gasteiger partial charge is 0.404 e. The Morgan fingerprint density at radius 1 is 1.00 bits per heavy atom. The maximum atomic E-state index is 6.37. The molecule has 0 aliphatic rings. The number of hydrogen-bond donors (Lipinski definition) is 0. The van der Waals surface area contributed by atoms with E-state index in [-0.39, 0.29) is 6.10 Å². The van der Waals surface area contributed by atoms with E-state index in [1.807, 2.05) is 12.1 Å². The van der Waals surface area contributed by atoms with Crippen LogP contribution in [0.1, 0.15) is 20.3 Å². The van der Waals surface area contributed by atoms with Crippen LogP contribution >= 0.6 is 0 Å². The highest BCUT2D eigenvalue weighted by Crippen LogP contribution is 2.07. The van der Waals surface area contributed by atoms with Gasteiger partial charge in [-0.25, -0.2) is 0 Å². The molecule has 0 fully saturated rings. The van der Waals surface area contributed by atoms with Crippen LogP contribution < -0.4 is 10.4 Å². The summed E-state index contributed by atoms with van der Waals surface area (Å²) in [5.41, 5.74) is 1.17. The second-order valence-electron chi connectivity index (χ2n) is 5.15. The van der Waals surface area contributed by atoms with Gasteiger partial charge in [0, 0.05) is 6.10 Å². The first-order valence-corrected chi connectivity index (χ1v) is 8.36. The van der Waals surface area contributed by atoms with Crippen molar-refractivity contribution in [2.24, 2.45) is 0 Å². The van der Waals surface area contributed by atoms with E-state index < -0.39 is 9.04 Å². The maximum absolute atomic E-state index is 6.37. The third-order valence-corrected chi connectivity index (χ3v) is 5.38. The minimum Gasteiger partial charge on any atom is -0.404 e. The monoisotopic (exact) mass is 281 g/mol. The van der Waals surface area contributed by atoms with Crippen molar-refractivity contribution in [2.75, 3.05) is 0 Å². The van der Waals surface area contributed by atoms with Crippen LogP contribution in [-0.4, -0.2) is 15.1 Å². The summed E-state index contributed by atoms with van der Waals surface area (Å²) in [5, 5.41) is 2.58. The molecule has 0 aliphatic carbocycles. The van der Waals surface area contributed by atoms with Crippen molar-refractivity contribution in [2.45, 2.75) is 26.4 Å². The van der Waals surface area contributed by atoms with Gasteiger partial charge in [-0.2, -0.15) is 0 Å². The lowest BCUT2D eigenvalue weighted by Gasteiger charge is -2.21. The lowest BCUT2D eigenvalue weighted by atomic mass is 10.2. The predicted octanol–water partition coefficient (Wildman–Crippen LogP) is 3.16. The van der Waals surface area contributed by atoms with Crippen LogP contribution in [0, 0.1) is 0 Å². The third kappa shape index (κ3) is 4.19. The smallest absolute Gasteiger partial charge is 0.283 e. The molecule has 2 aromatic rings. The normalized spacial score (nSPS) is 12.3. The van der Waals surface area contributed by atoms with Gasteiger partial charge in [0.05, 0.1) is 0 Å². The van der Waals surface area contributed by atoms with Gasteiger partial charge in [0.25, 0.3) is 9.04 Å². The molecule has 0 amide bonds. The summed E-state index contributed by atoms with van der Waals surface area (Å²) in [7, 11) is -1.19. The zero-order valence-electron chi connectivity index (χ0n) is 12.2. The van der Waals surface area contributed by atoms with E-state index in [1.54, 1.807) is 0 Å². The van der Waals surface area contributed by atoms with Gasteiger partial charge in [0.2, 0.25) is 0 Å². The van der Waals surface area contributed by atoms with Gasteiger partial charge in [-0.1, -0.05) is 66.2 Å². The van der Waals surface area contributed by atoms with Crippen LogP contribution in [0.15, 0.2) is 72.8 Å². The van der Waals surface area contributed by atoms with E-state index in [1.165, 1.54) is 15.9 Å². The van der Waals surface area contributed by atoms with E-state index in [9.17, 15) is 0 Å². The molecule has 0 saturated heterocycles. The molecule has 0 spiro atoms. The third-order valence-electron chi connectivity index (χ3n) is 3.03. The van der Waals surface area contributed by atoms with Crippen molar-refractivity contribution in [1.29, 1.82) is 0 Å². The Hall–Kier alpha value is -1.64. The molecule has 1 nitrogen and oxygen atoms in total. The maximum Gasteiger partial charge on any atom is 0.283 e. The Bertz CT molecular complexity index is 496. The number of benzene rings is 2. The molecular formula is C18H21OSi. The van der Waals surface area contributed by atoms with Crippen LogP contribution in [0.5, 0.6) is 0 Å². The molecule has 2 rings (SSSR count). The standard InChI is InChI=1S/C18H21OSi/c1-15(2)14-16(3)19-20(17-10-6-4-7-11-17)18-12-8-5-9-13-18/h4-13,16H,1,14H2,2-3H3. The summed E-state index contributed by atoms with van der Waals surface area (Å²) >= 11 is 0. The first kappa shape index (κ1) is 14.8. The molecule has 0 heterocycles. The Kier molecular flexibility index (Phi) is 5.33. The molecule has 1 unspecified atom stereocenters. The summed E-state index contributed by atoms with van der Waals surface area (Å²) in [4.78, 5) is 0. The van der Waals surface area contributed by atoms with E-state index in [0.717, 1.165) is 6.42 Å². The summed E-state index contributed by atoms with van der Waals surface area (Å²) in [6.07, 6.45) is 1.11. The van der Waals surface area contributed by atoms with Gasteiger partial charge < -0.3 is 4.43 Å². The fourth-order valence-electron chi connectivity index (χ4n) is 2.22. The van der Waals surface area contributed by atoms with Gasteiger partial charge in [-0.15, -0.1) is 6.58 Å². The van der Waals surface area contributed by atoms with E-state index in [2.05, 4.69) is 69.0 Å². The van der Waals surface area contributed by atoms with Crippen LogP contribution in [0.4, 0.5) is 0 Å². The van der Waals surface area contributed by atoms with Crippen molar-refractivity contribution >= 4 is 19.4 Å². The quantitative estimate of drug-likeness (QED) is 0.584. The molecule has 103 valence electrons. The Labute approximate surface area is 123 Å². The summed E-state index contributed by atoms with van der Waals surface area (Å²) in [6, 6.07) is 21.1. The van der Waals surface area contributed by atoms with Gasteiger partial charge in [0.1, 0.15) is 0 Å². The van der Waals surface area contributed by atoms with E-state index in [4.69, 9.17) is 4.43 Å². The average molecular weight is 281 g/mol. The van der Waals surface area contributed by atoms with Gasteiger partial charge >= 0.3 is 0 Å². The van der Waals surface area contributed by atoms with Crippen LogP contribution in [0.25, 0.3) is 0 Å². The highest BCUT2D eigenvalue weighted by atomic mass is 28.3.